The molecule has 2 aromatic heterocycles. The third kappa shape index (κ3) is 2.39. The molecule has 0 saturated heterocycles. The number of H-pyrrole nitrogens is 1. The smallest absolute Gasteiger partial charge is 0.270 e. The van der Waals surface area contributed by atoms with Crippen LogP contribution in [0, 0.1) is 5.82 Å². The SMILES string of the molecule is O=c1[nH]nc(-c2ccc(Cl)s2)n1Cc1ccccc1F. The zero-order valence-electron chi connectivity index (χ0n) is 10.1. The summed E-state index contributed by atoms with van der Waals surface area (Å²) in [7, 11) is 0. The van der Waals surface area contributed by atoms with Gasteiger partial charge in [0.25, 0.3) is 0 Å². The van der Waals surface area contributed by atoms with E-state index in [1.807, 2.05) is 0 Å². The molecule has 0 aliphatic rings. The van der Waals surface area contributed by atoms with Crippen LogP contribution < -0.4 is 5.69 Å². The number of nitrogens with one attached hydrogen (secondary N) is 1. The summed E-state index contributed by atoms with van der Waals surface area (Å²) in [6.45, 7) is 0.118. The van der Waals surface area contributed by atoms with Gasteiger partial charge < -0.3 is 0 Å². The van der Waals surface area contributed by atoms with Gasteiger partial charge in [0, 0.05) is 5.56 Å². The minimum atomic E-state index is -0.382. The van der Waals surface area contributed by atoms with E-state index in [1.165, 1.54) is 22.0 Å². The van der Waals surface area contributed by atoms with Gasteiger partial charge in [0.15, 0.2) is 5.82 Å². The van der Waals surface area contributed by atoms with Gasteiger partial charge in [-0.2, -0.15) is 5.10 Å². The largest absolute Gasteiger partial charge is 0.343 e. The molecule has 2 heterocycles. The van der Waals surface area contributed by atoms with Crippen LogP contribution in [0.15, 0.2) is 41.2 Å². The summed E-state index contributed by atoms with van der Waals surface area (Å²) < 4.78 is 15.7. The second kappa shape index (κ2) is 5.22. The molecule has 20 heavy (non-hydrogen) atoms. The minimum Gasteiger partial charge on any atom is -0.270 e. The van der Waals surface area contributed by atoms with Gasteiger partial charge in [-0.05, 0) is 18.2 Å². The Bertz CT molecular complexity index is 808. The molecule has 0 radical (unpaired) electrons. The van der Waals surface area contributed by atoms with Crippen molar-refractivity contribution < 1.29 is 4.39 Å². The van der Waals surface area contributed by atoms with Gasteiger partial charge in [-0.3, -0.25) is 4.57 Å². The van der Waals surface area contributed by atoms with Gasteiger partial charge in [-0.1, -0.05) is 29.8 Å². The van der Waals surface area contributed by atoms with Crippen molar-refractivity contribution in [2.24, 2.45) is 0 Å². The van der Waals surface area contributed by atoms with Crippen LogP contribution >= 0.6 is 22.9 Å². The Morgan fingerprint density at radius 1 is 1.30 bits per heavy atom. The van der Waals surface area contributed by atoms with E-state index < -0.39 is 0 Å². The Morgan fingerprint density at radius 2 is 2.10 bits per heavy atom. The van der Waals surface area contributed by atoms with Crippen LogP contribution in [0.2, 0.25) is 4.34 Å². The highest BCUT2D eigenvalue weighted by Gasteiger charge is 2.14. The molecule has 102 valence electrons. The van der Waals surface area contributed by atoms with Gasteiger partial charge in [0.1, 0.15) is 5.82 Å². The molecule has 7 heteroatoms. The number of rotatable bonds is 3. The normalized spacial score (nSPS) is 10.9. The molecule has 0 spiro atoms. The molecular weight excluding hydrogens is 301 g/mol. The lowest BCUT2D eigenvalue weighted by Crippen LogP contribution is -2.18. The number of nitrogens with zero attached hydrogens (tertiary/aromatic N) is 2. The monoisotopic (exact) mass is 309 g/mol. The lowest BCUT2D eigenvalue weighted by Gasteiger charge is -2.05. The molecule has 0 atom stereocenters. The molecule has 4 nitrogen and oxygen atoms in total. The van der Waals surface area contributed by atoms with Crippen LogP contribution in [0.5, 0.6) is 0 Å². The lowest BCUT2D eigenvalue weighted by molar-refractivity contribution is 0.597. The quantitative estimate of drug-likeness (QED) is 0.808. The molecule has 0 aliphatic carbocycles. The summed E-state index contributed by atoms with van der Waals surface area (Å²) in [6.07, 6.45) is 0. The Balaban J connectivity index is 2.04. The van der Waals surface area contributed by atoms with Crippen molar-refractivity contribution in [1.29, 1.82) is 0 Å². The van der Waals surface area contributed by atoms with E-state index in [2.05, 4.69) is 10.2 Å². The zero-order chi connectivity index (χ0) is 14.1. The van der Waals surface area contributed by atoms with Crippen LogP contribution in [-0.4, -0.2) is 14.8 Å². The van der Waals surface area contributed by atoms with Gasteiger partial charge in [-0.25, -0.2) is 14.3 Å². The van der Waals surface area contributed by atoms with Crippen LogP contribution in [0.3, 0.4) is 0 Å². The number of thiophene rings is 1. The van der Waals surface area contributed by atoms with Crippen LogP contribution in [0.1, 0.15) is 5.56 Å². The van der Waals surface area contributed by atoms with E-state index in [0.717, 1.165) is 4.88 Å². The predicted octanol–water partition coefficient (Wildman–Crippen LogP) is 3.14. The number of hydrogen-bond donors (Lipinski definition) is 1. The molecule has 0 saturated carbocycles. The molecule has 3 rings (SSSR count). The molecule has 0 fully saturated rings. The average molecular weight is 310 g/mol. The number of aromatic nitrogens is 3. The van der Waals surface area contributed by atoms with Crippen molar-refractivity contribution in [2.45, 2.75) is 6.54 Å². The maximum Gasteiger partial charge on any atom is 0.343 e. The van der Waals surface area contributed by atoms with E-state index in [4.69, 9.17) is 11.6 Å². The Kier molecular flexibility index (Phi) is 3.42. The van der Waals surface area contributed by atoms with Gasteiger partial charge >= 0.3 is 5.69 Å². The Hall–Kier alpha value is -1.92. The molecule has 1 N–H and O–H groups in total. The van der Waals surface area contributed by atoms with Crippen molar-refractivity contribution in [1.82, 2.24) is 14.8 Å². The summed E-state index contributed by atoms with van der Waals surface area (Å²) >= 11 is 7.20. The third-order valence-electron chi connectivity index (χ3n) is 2.84. The number of halogens is 2. The fraction of sp³-hybridized carbons (Fsp3) is 0.0769. The molecular formula is C13H9ClFN3OS. The van der Waals surface area contributed by atoms with Crippen LogP contribution in [-0.2, 0) is 6.54 Å². The van der Waals surface area contributed by atoms with Crippen molar-refractivity contribution >= 4 is 22.9 Å². The molecule has 0 aliphatic heterocycles. The summed E-state index contributed by atoms with van der Waals surface area (Å²) in [5.74, 6) is 0.103. The lowest BCUT2D eigenvalue weighted by atomic mass is 10.2. The maximum atomic E-state index is 13.7. The third-order valence-corrected chi connectivity index (χ3v) is 4.07. The van der Waals surface area contributed by atoms with E-state index in [1.54, 1.807) is 30.3 Å². The number of aromatic amines is 1. The molecule has 3 aromatic rings. The number of benzene rings is 1. The number of hydrogen-bond acceptors (Lipinski definition) is 3. The van der Waals surface area contributed by atoms with E-state index in [9.17, 15) is 9.18 Å². The topological polar surface area (TPSA) is 50.7 Å². The maximum absolute atomic E-state index is 13.7. The summed E-state index contributed by atoms with van der Waals surface area (Å²) in [4.78, 5) is 12.6. The Labute approximate surface area is 122 Å². The predicted molar refractivity (Wildman–Crippen MR) is 76.7 cm³/mol. The van der Waals surface area contributed by atoms with Crippen LogP contribution in [0.4, 0.5) is 4.39 Å². The zero-order valence-corrected chi connectivity index (χ0v) is 11.7. The standard InChI is InChI=1S/C13H9ClFN3OS/c14-11-6-5-10(20-11)12-16-17-13(19)18(12)7-8-3-1-2-4-9(8)15/h1-6H,7H2,(H,17,19). The highest BCUT2D eigenvalue weighted by atomic mass is 35.5. The summed E-state index contributed by atoms with van der Waals surface area (Å²) in [5.41, 5.74) is 0.0488. The van der Waals surface area contributed by atoms with Gasteiger partial charge in [0.2, 0.25) is 0 Å². The highest BCUT2D eigenvalue weighted by molar-refractivity contribution is 7.19. The first-order valence-corrected chi connectivity index (χ1v) is 6.99. The summed E-state index contributed by atoms with van der Waals surface area (Å²) in [6, 6.07) is 9.85. The highest BCUT2D eigenvalue weighted by Crippen LogP contribution is 2.29. The second-order valence-corrected chi connectivity index (χ2v) is 5.85. The Morgan fingerprint density at radius 3 is 2.80 bits per heavy atom. The fourth-order valence-corrected chi connectivity index (χ4v) is 2.93. The summed E-state index contributed by atoms with van der Waals surface area (Å²) in [5, 5.41) is 6.36. The average Bonchev–Trinajstić information content (AvgIpc) is 3.00. The minimum absolute atomic E-state index is 0.118. The van der Waals surface area contributed by atoms with Crippen molar-refractivity contribution in [2.75, 3.05) is 0 Å². The van der Waals surface area contributed by atoms with Gasteiger partial charge in [-0.15, -0.1) is 11.3 Å². The molecule has 1 aromatic carbocycles. The van der Waals surface area contributed by atoms with Gasteiger partial charge in [0.05, 0.1) is 15.8 Å². The molecule has 0 unspecified atom stereocenters. The fourth-order valence-electron chi connectivity index (χ4n) is 1.88. The molecule has 0 amide bonds. The van der Waals surface area contributed by atoms with Crippen molar-refractivity contribution in [3.8, 4) is 10.7 Å². The first kappa shape index (κ1) is 13.1. The molecule has 0 bridgehead atoms. The van der Waals surface area contributed by atoms with Crippen molar-refractivity contribution in [3.63, 3.8) is 0 Å². The second-order valence-electron chi connectivity index (χ2n) is 4.13. The van der Waals surface area contributed by atoms with E-state index >= 15 is 0 Å². The first-order chi connectivity index (χ1) is 9.65. The van der Waals surface area contributed by atoms with E-state index in [-0.39, 0.29) is 18.1 Å². The van der Waals surface area contributed by atoms with Crippen LogP contribution in [0.25, 0.3) is 10.7 Å². The first-order valence-electron chi connectivity index (χ1n) is 5.79. The van der Waals surface area contributed by atoms with E-state index in [0.29, 0.717) is 15.7 Å². The van der Waals surface area contributed by atoms with Crippen molar-refractivity contribution in [3.05, 3.63) is 62.6 Å².